The topological polar surface area (TPSA) is 55.0 Å². The Bertz CT molecular complexity index is 579. The average Bonchev–Trinajstić information content (AvgIpc) is 3.01. The quantitative estimate of drug-likeness (QED) is 0.319. The van der Waals surface area contributed by atoms with E-state index >= 15 is 0 Å². The number of rotatable bonds is 12. The Balaban J connectivity index is 1.51. The van der Waals surface area contributed by atoms with Gasteiger partial charge >= 0.3 is 5.97 Å². The number of hydrogen-bond acceptors (Lipinski definition) is 4. The summed E-state index contributed by atoms with van der Waals surface area (Å²) >= 11 is 1.39. The van der Waals surface area contributed by atoms with Crippen molar-refractivity contribution in [2.75, 3.05) is 12.4 Å². The largest absolute Gasteiger partial charge is 0.465 e. The van der Waals surface area contributed by atoms with E-state index in [1.165, 1.54) is 50.3 Å². The Labute approximate surface area is 148 Å². The number of H-pyrrole nitrogens is 1. The van der Waals surface area contributed by atoms with Crippen LogP contribution >= 0.6 is 11.8 Å². The molecule has 1 N–H and O–H groups in total. The fraction of sp³-hybridized carbons (Fsp3) is 0.579. The number of esters is 1. The Morgan fingerprint density at radius 3 is 2.54 bits per heavy atom. The Kier molecular flexibility index (Phi) is 8.74. The molecule has 0 saturated heterocycles. The van der Waals surface area contributed by atoms with E-state index < -0.39 is 0 Å². The molecule has 1 aromatic heterocycles. The molecule has 5 heteroatoms. The molecule has 0 amide bonds. The van der Waals surface area contributed by atoms with Crippen molar-refractivity contribution in [3.63, 3.8) is 0 Å². The number of nitrogens with zero attached hydrogens (tertiary/aromatic N) is 1. The maximum Gasteiger partial charge on any atom is 0.316 e. The number of thioether (sulfide) groups is 1. The Morgan fingerprint density at radius 2 is 1.79 bits per heavy atom. The molecule has 0 aliphatic carbocycles. The number of para-hydroxylation sites is 2. The number of nitrogens with one attached hydrogen (secondary N) is 1. The molecule has 1 aromatic carbocycles. The van der Waals surface area contributed by atoms with Crippen LogP contribution in [0, 0.1) is 0 Å². The fourth-order valence-corrected chi connectivity index (χ4v) is 3.27. The summed E-state index contributed by atoms with van der Waals surface area (Å²) in [5.74, 6) is 0.139. The lowest BCUT2D eigenvalue weighted by Gasteiger charge is -2.04. The highest BCUT2D eigenvalue weighted by Gasteiger charge is 2.07. The number of aromatic nitrogens is 2. The van der Waals surface area contributed by atoms with E-state index in [0.29, 0.717) is 12.4 Å². The number of ether oxygens (including phenoxy) is 1. The molecular weight excluding hydrogens is 320 g/mol. The van der Waals surface area contributed by atoms with Gasteiger partial charge in [-0.2, -0.15) is 0 Å². The van der Waals surface area contributed by atoms with Gasteiger partial charge in [-0.3, -0.25) is 4.79 Å². The molecule has 0 spiro atoms. The number of carbonyl (C=O) groups excluding carboxylic acids is 1. The van der Waals surface area contributed by atoms with Crippen molar-refractivity contribution in [3.05, 3.63) is 24.3 Å². The van der Waals surface area contributed by atoms with Gasteiger partial charge in [-0.15, -0.1) is 0 Å². The maximum atomic E-state index is 11.8. The summed E-state index contributed by atoms with van der Waals surface area (Å²) in [6.45, 7) is 2.77. The summed E-state index contributed by atoms with van der Waals surface area (Å²) < 4.78 is 5.28. The predicted octanol–water partition coefficient (Wildman–Crippen LogP) is 5.34. The van der Waals surface area contributed by atoms with Crippen molar-refractivity contribution in [1.29, 1.82) is 0 Å². The molecule has 0 aliphatic rings. The lowest BCUT2D eigenvalue weighted by molar-refractivity contribution is -0.140. The first-order valence-corrected chi connectivity index (χ1v) is 10.0. The number of aromatic amines is 1. The average molecular weight is 349 g/mol. The highest BCUT2D eigenvalue weighted by atomic mass is 32.2. The van der Waals surface area contributed by atoms with Crippen LogP contribution in [0.4, 0.5) is 0 Å². The molecule has 0 bridgehead atoms. The number of unbranched alkanes of at least 4 members (excludes halogenated alkanes) is 7. The van der Waals surface area contributed by atoms with Crippen LogP contribution < -0.4 is 0 Å². The number of carbonyl (C=O) groups is 1. The number of hydrogen-bond donors (Lipinski definition) is 1. The summed E-state index contributed by atoms with van der Waals surface area (Å²) in [6, 6.07) is 7.85. The van der Waals surface area contributed by atoms with Crippen LogP contribution in [0.3, 0.4) is 0 Å². The smallest absolute Gasteiger partial charge is 0.316 e. The van der Waals surface area contributed by atoms with E-state index in [-0.39, 0.29) is 5.97 Å². The van der Waals surface area contributed by atoms with Gasteiger partial charge in [0.15, 0.2) is 5.16 Å². The normalized spacial score (nSPS) is 11.0. The molecule has 0 aliphatic heterocycles. The first kappa shape index (κ1) is 18.8. The van der Waals surface area contributed by atoms with Crippen molar-refractivity contribution in [1.82, 2.24) is 9.97 Å². The van der Waals surface area contributed by atoms with Gasteiger partial charge in [0.1, 0.15) is 0 Å². The van der Waals surface area contributed by atoms with E-state index in [1.807, 2.05) is 24.3 Å². The summed E-state index contributed by atoms with van der Waals surface area (Å²) in [7, 11) is 0. The maximum absolute atomic E-state index is 11.8. The van der Waals surface area contributed by atoms with Gasteiger partial charge in [-0.25, -0.2) is 4.98 Å². The van der Waals surface area contributed by atoms with Crippen molar-refractivity contribution in [3.8, 4) is 0 Å². The van der Waals surface area contributed by atoms with Crippen molar-refractivity contribution in [2.45, 2.75) is 63.4 Å². The molecule has 0 atom stereocenters. The Morgan fingerprint density at radius 1 is 1.08 bits per heavy atom. The summed E-state index contributed by atoms with van der Waals surface area (Å²) in [6.07, 6.45) is 9.99. The molecule has 24 heavy (non-hydrogen) atoms. The van der Waals surface area contributed by atoms with Gasteiger partial charge in [-0.05, 0) is 18.6 Å². The highest BCUT2D eigenvalue weighted by molar-refractivity contribution is 7.99. The predicted molar refractivity (Wildman–Crippen MR) is 100 cm³/mol. The van der Waals surface area contributed by atoms with Crippen molar-refractivity contribution < 1.29 is 9.53 Å². The molecule has 0 fully saturated rings. The van der Waals surface area contributed by atoms with Crippen LogP contribution in [0.1, 0.15) is 58.3 Å². The first-order chi connectivity index (χ1) is 11.8. The van der Waals surface area contributed by atoms with Gasteiger partial charge in [-0.1, -0.05) is 75.8 Å². The van der Waals surface area contributed by atoms with Crippen LogP contribution in [0.5, 0.6) is 0 Å². The molecule has 1 heterocycles. The lowest BCUT2D eigenvalue weighted by atomic mass is 10.1. The van der Waals surface area contributed by atoms with E-state index in [9.17, 15) is 4.79 Å². The third-order valence-corrected chi connectivity index (χ3v) is 4.80. The van der Waals surface area contributed by atoms with Crippen LogP contribution in [0.15, 0.2) is 29.4 Å². The molecule has 2 aromatic rings. The number of benzene rings is 1. The van der Waals surface area contributed by atoms with Gasteiger partial charge in [0.05, 0.1) is 23.4 Å². The standard InChI is InChI=1S/C19H28N2O2S/c1-2-3-4-5-6-7-8-11-14-23-18(22)15-24-19-20-16-12-9-10-13-17(16)21-19/h9-10,12-13H,2-8,11,14-15H2,1H3,(H,20,21). The van der Waals surface area contributed by atoms with Gasteiger partial charge in [0.25, 0.3) is 0 Å². The molecule has 2 rings (SSSR count). The molecule has 4 nitrogen and oxygen atoms in total. The second kappa shape index (κ2) is 11.1. The second-order valence-electron chi connectivity index (χ2n) is 6.04. The summed E-state index contributed by atoms with van der Waals surface area (Å²) in [5.41, 5.74) is 1.92. The highest BCUT2D eigenvalue weighted by Crippen LogP contribution is 2.19. The van der Waals surface area contributed by atoms with Crippen LogP contribution in [-0.4, -0.2) is 28.3 Å². The van der Waals surface area contributed by atoms with Gasteiger partial charge in [0.2, 0.25) is 0 Å². The molecular formula is C19H28N2O2S. The minimum Gasteiger partial charge on any atom is -0.465 e. The zero-order valence-corrected chi connectivity index (χ0v) is 15.4. The van der Waals surface area contributed by atoms with Gasteiger partial charge in [0, 0.05) is 0 Å². The minimum atomic E-state index is -0.164. The van der Waals surface area contributed by atoms with E-state index in [4.69, 9.17) is 4.74 Å². The lowest BCUT2D eigenvalue weighted by Crippen LogP contribution is -2.08. The third-order valence-electron chi connectivity index (χ3n) is 3.96. The Hall–Kier alpha value is -1.49. The molecule has 0 radical (unpaired) electrons. The van der Waals surface area contributed by atoms with E-state index in [2.05, 4.69) is 16.9 Å². The van der Waals surface area contributed by atoms with Crippen molar-refractivity contribution in [2.24, 2.45) is 0 Å². The second-order valence-corrected chi connectivity index (χ2v) is 7.01. The minimum absolute atomic E-state index is 0.164. The molecule has 0 saturated carbocycles. The van der Waals surface area contributed by atoms with Crippen LogP contribution in [-0.2, 0) is 9.53 Å². The fourth-order valence-electron chi connectivity index (χ4n) is 2.59. The van der Waals surface area contributed by atoms with Crippen molar-refractivity contribution >= 4 is 28.8 Å². The SMILES string of the molecule is CCCCCCCCCCOC(=O)CSc1nc2ccccc2[nH]1. The summed E-state index contributed by atoms with van der Waals surface area (Å²) in [4.78, 5) is 19.4. The molecule has 132 valence electrons. The monoisotopic (exact) mass is 348 g/mol. The van der Waals surface area contributed by atoms with Crippen LogP contribution in [0.25, 0.3) is 11.0 Å². The summed E-state index contributed by atoms with van der Waals surface area (Å²) in [5, 5.41) is 0.764. The zero-order valence-electron chi connectivity index (χ0n) is 14.6. The first-order valence-electron chi connectivity index (χ1n) is 9.02. The van der Waals surface area contributed by atoms with E-state index in [1.54, 1.807) is 0 Å². The number of imidazole rings is 1. The zero-order chi connectivity index (χ0) is 17.0. The van der Waals surface area contributed by atoms with Crippen LogP contribution in [0.2, 0.25) is 0 Å². The number of fused-ring (bicyclic) bond motifs is 1. The third kappa shape index (κ3) is 6.95. The molecule has 0 unspecified atom stereocenters. The van der Waals surface area contributed by atoms with E-state index in [0.717, 1.165) is 29.0 Å². The van der Waals surface area contributed by atoms with Gasteiger partial charge < -0.3 is 9.72 Å².